The summed E-state index contributed by atoms with van der Waals surface area (Å²) < 4.78 is 0. The van der Waals surface area contributed by atoms with E-state index < -0.39 is 0 Å². The van der Waals surface area contributed by atoms with E-state index in [1.807, 2.05) is 18.2 Å². The van der Waals surface area contributed by atoms with Crippen LogP contribution >= 0.6 is 0 Å². The van der Waals surface area contributed by atoms with E-state index in [0.29, 0.717) is 6.42 Å². The molecule has 0 saturated heterocycles. The maximum Gasteiger partial charge on any atom is 0.114 e. The largest absolute Gasteiger partial charge is 0.282 e. The second-order valence-electron chi connectivity index (χ2n) is 3.76. The average Bonchev–Trinajstić information content (AvgIpc) is 2.80. The SMILES string of the molecule is CCc1[nH]nc(-c2ccccn2)c1CCC#N. The minimum Gasteiger partial charge on any atom is -0.282 e. The van der Waals surface area contributed by atoms with Gasteiger partial charge in [-0.05, 0) is 25.0 Å². The van der Waals surface area contributed by atoms with Crippen LogP contribution in [0.3, 0.4) is 0 Å². The lowest BCUT2D eigenvalue weighted by atomic mass is 10.0. The van der Waals surface area contributed by atoms with E-state index in [9.17, 15) is 0 Å². The molecule has 1 N–H and O–H groups in total. The summed E-state index contributed by atoms with van der Waals surface area (Å²) in [7, 11) is 0. The second-order valence-corrected chi connectivity index (χ2v) is 3.76. The molecule has 17 heavy (non-hydrogen) atoms. The number of hydrogen-bond donors (Lipinski definition) is 1. The Morgan fingerprint density at radius 3 is 2.94 bits per heavy atom. The van der Waals surface area contributed by atoms with Crippen molar-refractivity contribution in [2.75, 3.05) is 0 Å². The first kappa shape index (κ1) is 11.3. The Hall–Kier alpha value is -2.15. The van der Waals surface area contributed by atoms with Crippen LogP contribution in [0.4, 0.5) is 0 Å². The molecule has 0 aliphatic heterocycles. The van der Waals surface area contributed by atoms with Crippen molar-refractivity contribution in [2.45, 2.75) is 26.2 Å². The van der Waals surface area contributed by atoms with Crippen LogP contribution < -0.4 is 0 Å². The van der Waals surface area contributed by atoms with Gasteiger partial charge in [0.05, 0.1) is 11.8 Å². The highest BCUT2D eigenvalue weighted by atomic mass is 15.1. The van der Waals surface area contributed by atoms with Gasteiger partial charge in [-0.15, -0.1) is 0 Å². The highest BCUT2D eigenvalue weighted by Gasteiger charge is 2.13. The highest BCUT2D eigenvalue weighted by Crippen LogP contribution is 2.23. The van der Waals surface area contributed by atoms with Crippen molar-refractivity contribution in [3.8, 4) is 17.5 Å². The highest BCUT2D eigenvalue weighted by molar-refractivity contribution is 5.59. The third kappa shape index (κ3) is 2.34. The number of nitriles is 1. The van der Waals surface area contributed by atoms with Crippen molar-refractivity contribution in [3.05, 3.63) is 35.7 Å². The van der Waals surface area contributed by atoms with Gasteiger partial charge >= 0.3 is 0 Å². The molecule has 2 heterocycles. The zero-order valence-electron chi connectivity index (χ0n) is 9.77. The summed E-state index contributed by atoms with van der Waals surface area (Å²) in [5.74, 6) is 0. The Kier molecular flexibility index (Phi) is 3.51. The quantitative estimate of drug-likeness (QED) is 0.871. The summed E-state index contributed by atoms with van der Waals surface area (Å²) in [4.78, 5) is 4.30. The Balaban J connectivity index is 2.41. The molecule has 4 nitrogen and oxygen atoms in total. The third-order valence-electron chi connectivity index (χ3n) is 2.70. The van der Waals surface area contributed by atoms with Crippen LogP contribution in [0.1, 0.15) is 24.6 Å². The molecule has 0 spiro atoms. The Bertz CT molecular complexity index is 522. The Morgan fingerprint density at radius 1 is 1.41 bits per heavy atom. The molecule has 0 aliphatic carbocycles. The number of aromatic amines is 1. The molecule has 4 heteroatoms. The third-order valence-corrected chi connectivity index (χ3v) is 2.70. The van der Waals surface area contributed by atoms with Gasteiger partial charge in [0, 0.05) is 23.9 Å². The van der Waals surface area contributed by atoms with Crippen LogP contribution in [0.5, 0.6) is 0 Å². The van der Waals surface area contributed by atoms with Crippen LogP contribution in [-0.4, -0.2) is 15.2 Å². The van der Waals surface area contributed by atoms with Gasteiger partial charge in [0.15, 0.2) is 0 Å². The van der Waals surface area contributed by atoms with Gasteiger partial charge in [-0.3, -0.25) is 10.1 Å². The monoisotopic (exact) mass is 226 g/mol. The van der Waals surface area contributed by atoms with Gasteiger partial charge in [-0.25, -0.2) is 0 Å². The number of hydrogen-bond acceptors (Lipinski definition) is 3. The van der Waals surface area contributed by atoms with Crippen LogP contribution in [0.2, 0.25) is 0 Å². The molecule has 0 atom stereocenters. The molecule has 2 aromatic heterocycles. The van der Waals surface area contributed by atoms with E-state index in [2.05, 4.69) is 28.2 Å². The molecular formula is C13H14N4. The summed E-state index contributed by atoms with van der Waals surface area (Å²) in [6.07, 6.45) is 3.87. The standard InChI is InChI=1S/C13H14N4/c1-2-11-10(6-5-8-14)13(17-16-11)12-7-3-4-9-15-12/h3-4,7,9H,2,5-6H2,1H3,(H,16,17). The molecular weight excluding hydrogens is 212 g/mol. The van der Waals surface area contributed by atoms with Gasteiger partial charge in [-0.1, -0.05) is 13.0 Å². The minimum atomic E-state index is 0.506. The number of pyridine rings is 1. The van der Waals surface area contributed by atoms with Gasteiger partial charge in [0.2, 0.25) is 0 Å². The summed E-state index contributed by atoms with van der Waals surface area (Å²) in [5.41, 5.74) is 3.95. The second kappa shape index (κ2) is 5.26. The molecule has 2 aromatic rings. The minimum absolute atomic E-state index is 0.506. The molecule has 2 rings (SSSR count). The van der Waals surface area contributed by atoms with E-state index in [0.717, 1.165) is 35.5 Å². The van der Waals surface area contributed by atoms with Crippen LogP contribution in [-0.2, 0) is 12.8 Å². The zero-order chi connectivity index (χ0) is 12.1. The Labute approximate surface area is 100 Å². The number of nitrogens with one attached hydrogen (secondary N) is 1. The fourth-order valence-electron chi connectivity index (χ4n) is 1.86. The zero-order valence-corrected chi connectivity index (χ0v) is 9.77. The fraction of sp³-hybridized carbons (Fsp3) is 0.308. The fourth-order valence-corrected chi connectivity index (χ4v) is 1.86. The first-order valence-corrected chi connectivity index (χ1v) is 5.71. The number of nitrogens with zero attached hydrogens (tertiary/aromatic N) is 3. The number of aromatic nitrogens is 3. The smallest absolute Gasteiger partial charge is 0.114 e. The molecule has 0 amide bonds. The lowest BCUT2D eigenvalue weighted by Gasteiger charge is -2.01. The molecule has 0 radical (unpaired) electrons. The Morgan fingerprint density at radius 2 is 2.29 bits per heavy atom. The van der Waals surface area contributed by atoms with Crippen molar-refractivity contribution < 1.29 is 0 Å². The summed E-state index contributed by atoms with van der Waals surface area (Å²) in [5, 5.41) is 16.0. The normalized spacial score (nSPS) is 10.1. The van der Waals surface area contributed by atoms with Crippen molar-refractivity contribution in [1.29, 1.82) is 5.26 Å². The molecule has 0 aromatic carbocycles. The van der Waals surface area contributed by atoms with E-state index in [1.54, 1.807) is 6.20 Å². The van der Waals surface area contributed by atoms with E-state index >= 15 is 0 Å². The summed E-state index contributed by atoms with van der Waals surface area (Å²) in [6, 6.07) is 7.93. The van der Waals surface area contributed by atoms with Crippen molar-refractivity contribution in [3.63, 3.8) is 0 Å². The van der Waals surface area contributed by atoms with Crippen LogP contribution in [0.25, 0.3) is 11.4 Å². The summed E-state index contributed by atoms with van der Waals surface area (Å²) in [6.45, 7) is 2.07. The maximum absolute atomic E-state index is 8.69. The topological polar surface area (TPSA) is 65.4 Å². The molecule has 86 valence electrons. The van der Waals surface area contributed by atoms with Gasteiger partial charge in [-0.2, -0.15) is 10.4 Å². The first-order chi connectivity index (χ1) is 8.36. The predicted octanol–water partition coefficient (Wildman–Crippen LogP) is 2.49. The van der Waals surface area contributed by atoms with Crippen LogP contribution in [0.15, 0.2) is 24.4 Å². The number of H-pyrrole nitrogens is 1. The van der Waals surface area contributed by atoms with E-state index in [-0.39, 0.29) is 0 Å². The lowest BCUT2D eigenvalue weighted by molar-refractivity contribution is 0.936. The maximum atomic E-state index is 8.69. The van der Waals surface area contributed by atoms with Gasteiger partial charge < -0.3 is 0 Å². The van der Waals surface area contributed by atoms with Crippen molar-refractivity contribution in [1.82, 2.24) is 15.2 Å². The summed E-state index contributed by atoms with van der Waals surface area (Å²) >= 11 is 0. The molecule has 0 unspecified atom stereocenters. The van der Waals surface area contributed by atoms with E-state index in [1.165, 1.54) is 0 Å². The lowest BCUT2D eigenvalue weighted by Crippen LogP contribution is -1.93. The first-order valence-electron chi connectivity index (χ1n) is 5.71. The molecule has 0 saturated carbocycles. The predicted molar refractivity (Wildman–Crippen MR) is 65.1 cm³/mol. The van der Waals surface area contributed by atoms with Gasteiger partial charge in [0.25, 0.3) is 0 Å². The molecule has 0 aliphatic rings. The van der Waals surface area contributed by atoms with Gasteiger partial charge in [0.1, 0.15) is 5.69 Å². The number of rotatable bonds is 4. The molecule has 0 fully saturated rings. The van der Waals surface area contributed by atoms with E-state index in [4.69, 9.17) is 5.26 Å². The average molecular weight is 226 g/mol. The molecule has 0 bridgehead atoms. The number of aryl methyl sites for hydroxylation is 1. The van der Waals surface area contributed by atoms with Crippen molar-refractivity contribution in [2.24, 2.45) is 0 Å². The van der Waals surface area contributed by atoms with Crippen LogP contribution in [0, 0.1) is 11.3 Å². The van der Waals surface area contributed by atoms with Crippen molar-refractivity contribution >= 4 is 0 Å².